The third-order valence-corrected chi connectivity index (χ3v) is 6.07. The standard InChI is InChI=1S/C24H21N3OS2/c1-15-7-12-20-21(13-15)30-23(26-20)17-8-10-19(11-9-17)25-24(29)27-22(28)14-18-6-4-3-5-16(18)2/h3-13H,14H2,1-2H3,(H2,25,27,28,29). The summed E-state index contributed by atoms with van der Waals surface area (Å²) in [5.74, 6) is -0.136. The number of thiocarbonyl (C=S) groups is 1. The van der Waals surface area contributed by atoms with Gasteiger partial charge in [-0.25, -0.2) is 4.98 Å². The molecule has 0 spiro atoms. The van der Waals surface area contributed by atoms with E-state index in [0.717, 1.165) is 32.9 Å². The molecule has 1 aromatic heterocycles. The molecule has 0 fully saturated rings. The van der Waals surface area contributed by atoms with Crippen LogP contribution < -0.4 is 10.6 Å². The van der Waals surface area contributed by atoms with Crippen molar-refractivity contribution in [3.05, 3.63) is 83.4 Å². The zero-order valence-corrected chi connectivity index (χ0v) is 18.4. The lowest BCUT2D eigenvalue weighted by Crippen LogP contribution is -2.35. The van der Waals surface area contributed by atoms with Crippen molar-refractivity contribution in [1.29, 1.82) is 0 Å². The summed E-state index contributed by atoms with van der Waals surface area (Å²) in [6, 6.07) is 22.0. The monoisotopic (exact) mass is 431 g/mol. The molecule has 30 heavy (non-hydrogen) atoms. The van der Waals surface area contributed by atoms with Crippen LogP contribution in [0.1, 0.15) is 16.7 Å². The van der Waals surface area contributed by atoms with Gasteiger partial charge < -0.3 is 10.6 Å². The Kier molecular flexibility index (Phi) is 5.88. The van der Waals surface area contributed by atoms with E-state index in [1.165, 1.54) is 10.3 Å². The quantitative estimate of drug-likeness (QED) is 0.411. The van der Waals surface area contributed by atoms with Gasteiger partial charge in [0.15, 0.2) is 5.11 Å². The molecule has 0 aliphatic heterocycles. The van der Waals surface area contributed by atoms with Gasteiger partial charge in [-0.1, -0.05) is 30.3 Å². The number of fused-ring (bicyclic) bond motifs is 1. The second-order valence-corrected chi connectivity index (χ2v) is 8.61. The van der Waals surface area contributed by atoms with E-state index in [-0.39, 0.29) is 11.0 Å². The SMILES string of the molecule is Cc1ccc2nc(-c3ccc(NC(=S)NC(=O)Cc4ccccc4C)cc3)sc2c1. The molecule has 0 aliphatic rings. The van der Waals surface area contributed by atoms with E-state index in [1.54, 1.807) is 11.3 Å². The highest BCUT2D eigenvalue weighted by atomic mass is 32.1. The fourth-order valence-electron chi connectivity index (χ4n) is 3.17. The van der Waals surface area contributed by atoms with Gasteiger partial charge in [0.25, 0.3) is 0 Å². The highest BCUT2D eigenvalue weighted by Gasteiger charge is 2.09. The van der Waals surface area contributed by atoms with E-state index < -0.39 is 0 Å². The Morgan fingerprint density at radius 3 is 2.57 bits per heavy atom. The van der Waals surface area contributed by atoms with Crippen molar-refractivity contribution in [1.82, 2.24) is 10.3 Å². The number of carbonyl (C=O) groups excluding carboxylic acids is 1. The molecule has 0 atom stereocenters. The number of benzene rings is 3. The van der Waals surface area contributed by atoms with Crippen molar-refractivity contribution in [2.45, 2.75) is 20.3 Å². The average Bonchev–Trinajstić information content (AvgIpc) is 3.13. The van der Waals surface area contributed by atoms with Gasteiger partial charge in [-0.2, -0.15) is 0 Å². The summed E-state index contributed by atoms with van der Waals surface area (Å²) in [5.41, 5.74) is 6.20. The molecule has 0 aliphatic carbocycles. The number of carbonyl (C=O) groups is 1. The van der Waals surface area contributed by atoms with Crippen LogP contribution in [-0.2, 0) is 11.2 Å². The summed E-state index contributed by atoms with van der Waals surface area (Å²) in [6.07, 6.45) is 0.296. The molecule has 1 amide bonds. The molecular formula is C24H21N3OS2. The number of hydrogen-bond acceptors (Lipinski definition) is 4. The minimum atomic E-state index is -0.136. The molecule has 0 unspecified atom stereocenters. The number of rotatable bonds is 4. The van der Waals surface area contributed by atoms with E-state index in [9.17, 15) is 4.79 Å². The topological polar surface area (TPSA) is 54.0 Å². The van der Waals surface area contributed by atoms with Crippen LogP contribution in [0.3, 0.4) is 0 Å². The maximum atomic E-state index is 12.3. The van der Waals surface area contributed by atoms with E-state index in [0.29, 0.717) is 6.42 Å². The summed E-state index contributed by atoms with van der Waals surface area (Å²) in [4.78, 5) is 17.0. The first kappa shape index (κ1) is 20.2. The van der Waals surface area contributed by atoms with Crippen LogP contribution in [0.25, 0.3) is 20.8 Å². The number of amides is 1. The van der Waals surface area contributed by atoms with Crippen molar-refractivity contribution >= 4 is 50.5 Å². The second kappa shape index (κ2) is 8.73. The number of nitrogens with one attached hydrogen (secondary N) is 2. The van der Waals surface area contributed by atoms with Crippen LogP contribution in [-0.4, -0.2) is 16.0 Å². The lowest BCUT2D eigenvalue weighted by Gasteiger charge is -2.11. The molecule has 2 N–H and O–H groups in total. The van der Waals surface area contributed by atoms with E-state index in [1.807, 2.05) is 55.5 Å². The van der Waals surface area contributed by atoms with Crippen LogP contribution >= 0.6 is 23.6 Å². The smallest absolute Gasteiger partial charge is 0.230 e. The number of aromatic nitrogens is 1. The molecule has 4 rings (SSSR count). The fraction of sp³-hybridized carbons (Fsp3) is 0.125. The molecule has 0 bridgehead atoms. The Bertz CT molecular complexity index is 1230. The van der Waals surface area contributed by atoms with Crippen LogP contribution in [0.2, 0.25) is 0 Å². The normalized spacial score (nSPS) is 10.7. The average molecular weight is 432 g/mol. The molecule has 150 valence electrons. The largest absolute Gasteiger partial charge is 0.332 e. The van der Waals surface area contributed by atoms with Crippen LogP contribution in [0, 0.1) is 13.8 Å². The van der Waals surface area contributed by atoms with E-state index in [2.05, 4.69) is 35.8 Å². The lowest BCUT2D eigenvalue weighted by molar-refractivity contribution is -0.119. The van der Waals surface area contributed by atoms with Gasteiger partial charge in [0.05, 0.1) is 16.6 Å². The molecular weight excluding hydrogens is 410 g/mol. The first-order valence-electron chi connectivity index (χ1n) is 9.61. The predicted molar refractivity (Wildman–Crippen MR) is 129 cm³/mol. The highest BCUT2D eigenvalue weighted by molar-refractivity contribution is 7.80. The first-order valence-corrected chi connectivity index (χ1v) is 10.8. The molecule has 0 saturated carbocycles. The second-order valence-electron chi connectivity index (χ2n) is 7.17. The molecule has 3 aromatic carbocycles. The number of thiazole rings is 1. The van der Waals surface area contributed by atoms with E-state index in [4.69, 9.17) is 17.2 Å². The minimum absolute atomic E-state index is 0.136. The Morgan fingerprint density at radius 1 is 1.03 bits per heavy atom. The minimum Gasteiger partial charge on any atom is -0.332 e. The van der Waals surface area contributed by atoms with Gasteiger partial charge in [0.2, 0.25) is 5.91 Å². The number of aryl methyl sites for hydroxylation is 2. The number of nitrogens with zero attached hydrogens (tertiary/aromatic N) is 1. The summed E-state index contributed by atoms with van der Waals surface area (Å²) < 4.78 is 1.18. The Balaban J connectivity index is 1.38. The third kappa shape index (κ3) is 4.72. The van der Waals surface area contributed by atoms with Gasteiger partial charge in [-0.05, 0) is 79.2 Å². The predicted octanol–water partition coefficient (Wildman–Crippen LogP) is 5.64. The zero-order valence-electron chi connectivity index (χ0n) is 16.7. The highest BCUT2D eigenvalue weighted by Crippen LogP contribution is 2.31. The zero-order chi connectivity index (χ0) is 21.1. The molecule has 4 nitrogen and oxygen atoms in total. The lowest BCUT2D eigenvalue weighted by atomic mass is 10.1. The molecule has 1 heterocycles. The molecule has 0 saturated heterocycles. The van der Waals surface area contributed by atoms with E-state index >= 15 is 0 Å². The first-order chi connectivity index (χ1) is 14.5. The fourth-order valence-corrected chi connectivity index (χ4v) is 4.47. The van der Waals surface area contributed by atoms with Gasteiger partial charge in [-0.15, -0.1) is 11.3 Å². The van der Waals surface area contributed by atoms with Crippen molar-refractivity contribution in [3.63, 3.8) is 0 Å². The van der Waals surface area contributed by atoms with Crippen molar-refractivity contribution in [2.75, 3.05) is 5.32 Å². The number of anilines is 1. The van der Waals surface area contributed by atoms with Gasteiger partial charge >= 0.3 is 0 Å². The van der Waals surface area contributed by atoms with Crippen LogP contribution in [0.15, 0.2) is 66.7 Å². The maximum Gasteiger partial charge on any atom is 0.230 e. The molecule has 0 radical (unpaired) electrons. The van der Waals surface area contributed by atoms with Crippen molar-refractivity contribution < 1.29 is 4.79 Å². The van der Waals surface area contributed by atoms with Gasteiger partial charge in [-0.3, -0.25) is 4.79 Å². The molecule has 4 aromatic rings. The number of hydrogen-bond donors (Lipinski definition) is 2. The third-order valence-electron chi connectivity index (χ3n) is 4.80. The Labute approximate surface area is 185 Å². The van der Waals surface area contributed by atoms with Gasteiger partial charge in [0.1, 0.15) is 5.01 Å². The van der Waals surface area contributed by atoms with Crippen molar-refractivity contribution in [3.8, 4) is 10.6 Å². The van der Waals surface area contributed by atoms with Crippen LogP contribution in [0.5, 0.6) is 0 Å². The maximum absolute atomic E-state index is 12.3. The Hall–Kier alpha value is -3.09. The van der Waals surface area contributed by atoms with Crippen molar-refractivity contribution in [2.24, 2.45) is 0 Å². The summed E-state index contributed by atoms with van der Waals surface area (Å²) in [6.45, 7) is 4.08. The summed E-state index contributed by atoms with van der Waals surface area (Å²) in [5, 5.41) is 7.08. The summed E-state index contributed by atoms with van der Waals surface area (Å²) >= 11 is 6.97. The Morgan fingerprint density at radius 2 is 1.80 bits per heavy atom. The van der Waals surface area contributed by atoms with Gasteiger partial charge in [0, 0.05) is 11.3 Å². The van der Waals surface area contributed by atoms with Crippen LogP contribution in [0.4, 0.5) is 5.69 Å². The molecule has 6 heteroatoms. The summed E-state index contributed by atoms with van der Waals surface area (Å²) in [7, 11) is 0.